The second-order valence-electron chi connectivity index (χ2n) is 8.05. The van der Waals surface area contributed by atoms with Crippen LogP contribution in [0.25, 0.3) is 11.1 Å². The van der Waals surface area contributed by atoms with Gasteiger partial charge in [-0.25, -0.2) is 8.78 Å². The van der Waals surface area contributed by atoms with Gasteiger partial charge in [0.25, 0.3) is 0 Å². The standard InChI is InChI=1S/C25H29F3O2/c1-3-5-6-7-16-8-9-18(15-22(16)29)19-11-10-17(14-21(19)26)20-12-13-23(30-4-2)25(28)24(20)27/h10-14,16,18H,3-9,15H2,1-2H3/t16-,18?/m1/s1. The first-order chi connectivity index (χ1) is 14.5. The van der Waals surface area contributed by atoms with Crippen molar-refractivity contribution in [2.75, 3.05) is 6.61 Å². The van der Waals surface area contributed by atoms with E-state index in [0.29, 0.717) is 12.0 Å². The second kappa shape index (κ2) is 10.1. The Morgan fingerprint density at radius 1 is 1.00 bits per heavy atom. The normalized spacial score (nSPS) is 19.2. The quantitative estimate of drug-likeness (QED) is 0.424. The number of ether oxygens (including phenoxy) is 1. The van der Waals surface area contributed by atoms with E-state index in [4.69, 9.17) is 4.74 Å². The summed E-state index contributed by atoms with van der Waals surface area (Å²) in [6.45, 7) is 4.04. The summed E-state index contributed by atoms with van der Waals surface area (Å²) >= 11 is 0. The van der Waals surface area contributed by atoms with Crippen LogP contribution in [0.1, 0.15) is 70.3 Å². The van der Waals surface area contributed by atoms with Crippen molar-refractivity contribution in [2.24, 2.45) is 5.92 Å². The number of benzene rings is 2. The van der Waals surface area contributed by atoms with Gasteiger partial charge in [0, 0.05) is 17.9 Å². The maximum atomic E-state index is 14.9. The van der Waals surface area contributed by atoms with Crippen LogP contribution in [-0.2, 0) is 4.79 Å². The lowest BCUT2D eigenvalue weighted by Crippen LogP contribution is -2.24. The average molecular weight is 418 g/mol. The van der Waals surface area contributed by atoms with Gasteiger partial charge < -0.3 is 4.74 Å². The number of carbonyl (C=O) groups is 1. The molecule has 1 fully saturated rings. The summed E-state index contributed by atoms with van der Waals surface area (Å²) in [5.74, 6) is -2.63. The van der Waals surface area contributed by atoms with Crippen molar-refractivity contribution >= 4 is 5.78 Å². The van der Waals surface area contributed by atoms with Gasteiger partial charge in [-0.15, -0.1) is 0 Å². The highest BCUT2D eigenvalue weighted by molar-refractivity contribution is 5.82. The first kappa shape index (κ1) is 22.4. The molecule has 0 bridgehead atoms. The molecule has 0 aliphatic heterocycles. The molecule has 1 aliphatic rings. The lowest BCUT2D eigenvalue weighted by molar-refractivity contribution is -0.125. The molecule has 0 saturated heterocycles. The summed E-state index contributed by atoms with van der Waals surface area (Å²) in [6.07, 6.45) is 6.14. The fraction of sp³-hybridized carbons (Fsp3) is 0.480. The van der Waals surface area contributed by atoms with Gasteiger partial charge in [-0.05, 0) is 61.4 Å². The van der Waals surface area contributed by atoms with E-state index in [1.165, 1.54) is 18.2 Å². The molecule has 1 aliphatic carbocycles. The van der Waals surface area contributed by atoms with Gasteiger partial charge in [0.2, 0.25) is 5.82 Å². The maximum absolute atomic E-state index is 14.9. The third-order valence-electron chi connectivity index (χ3n) is 6.02. The van der Waals surface area contributed by atoms with Crippen LogP contribution in [0, 0.1) is 23.4 Å². The molecule has 0 aromatic heterocycles. The van der Waals surface area contributed by atoms with Gasteiger partial charge in [-0.1, -0.05) is 38.3 Å². The van der Waals surface area contributed by atoms with Crippen LogP contribution < -0.4 is 4.74 Å². The van der Waals surface area contributed by atoms with E-state index >= 15 is 0 Å². The Bertz CT molecular complexity index is 894. The first-order valence-electron chi connectivity index (χ1n) is 10.9. The Labute approximate surface area is 176 Å². The highest BCUT2D eigenvalue weighted by atomic mass is 19.2. The van der Waals surface area contributed by atoms with Crippen LogP contribution in [0.2, 0.25) is 0 Å². The molecule has 2 nitrogen and oxygen atoms in total. The lowest BCUT2D eigenvalue weighted by atomic mass is 9.76. The van der Waals surface area contributed by atoms with Crippen LogP contribution in [0.15, 0.2) is 30.3 Å². The van der Waals surface area contributed by atoms with Crippen molar-refractivity contribution in [3.8, 4) is 16.9 Å². The molecular formula is C25H29F3O2. The zero-order valence-electron chi connectivity index (χ0n) is 17.6. The number of ketones is 1. The summed E-state index contributed by atoms with van der Waals surface area (Å²) in [6, 6.07) is 7.16. The fourth-order valence-electron chi connectivity index (χ4n) is 4.33. The molecule has 0 radical (unpaired) electrons. The Morgan fingerprint density at radius 2 is 1.80 bits per heavy atom. The molecule has 2 aromatic rings. The van der Waals surface area contributed by atoms with Gasteiger partial charge in [-0.3, -0.25) is 4.79 Å². The molecule has 162 valence electrons. The number of unbranched alkanes of at least 4 members (excludes halogenated alkanes) is 2. The molecule has 0 amide bonds. The van der Waals surface area contributed by atoms with E-state index in [2.05, 4.69) is 6.92 Å². The predicted octanol–water partition coefficient (Wildman–Crippen LogP) is 7.20. The number of hydrogen-bond donors (Lipinski definition) is 0. The molecule has 3 rings (SSSR count). The summed E-state index contributed by atoms with van der Waals surface area (Å²) in [7, 11) is 0. The minimum absolute atomic E-state index is 0.0166. The largest absolute Gasteiger partial charge is 0.491 e. The number of rotatable bonds is 8. The maximum Gasteiger partial charge on any atom is 0.201 e. The van der Waals surface area contributed by atoms with Gasteiger partial charge in [-0.2, -0.15) is 4.39 Å². The Morgan fingerprint density at radius 3 is 2.47 bits per heavy atom. The second-order valence-corrected chi connectivity index (χ2v) is 8.05. The third kappa shape index (κ3) is 4.88. The molecule has 0 spiro atoms. The molecule has 1 saturated carbocycles. The Balaban J connectivity index is 1.75. The van der Waals surface area contributed by atoms with Crippen LogP contribution in [-0.4, -0.2) is 12.4 Å². The van der Waals surface area contributed by atoms with Gasteiger partial charge in [0.1, 0.15) is 11.6 Å². The molecule has 0 heterocycles. The molecule has 5 heteroatoms. The van der Waals surface area contributed by atoms with Gasteiger partial charge in [0.05, 0.1) is 6.61 Å². The highest BCUT2D eigenvalue weighted by Gasteiger charge is 2.30. The zero-order valence-corrected chi connectivity index (χ0v) is 17.6. The van der Waals surface area contributed by atoms with Crippen LogP contribution >= 0.6 is 0 Å². The molecule has 30 heavy (non-hydrogen) atoms. The molecule has 2 aromatic carbocycles. The van der Waals surface area contributed by atoms with Crippen LogP contribution in [0.3, 0.4) is 0 Å². The molecule has 0 N–H and O–H groups in total. The summed E-state index contributed by atoms with van der Waals surface area (Å²) in [5.41, 5.74) is 0.721. The summed E-state index contributed by atoms with van der Waals surface area (Å²) in [5, 5.41) is 0. The van der Waals surface area contributed by atoms with Crippen LogP contribution in [0.5, 0.6) is 5.75 Å². The predicted molar refractivity (Wildman–Crippen MR) is 112 cm³/mol. The number of hydrogen-bond acceptors (Lipinski definition) is 2. The van der Waals surface area contributed by atoms with Crippen LogP contribution in [0.4, 0.5) is 13.2 Å². The van der Waals surface area contributed by atoms with Crippen molar-refractivity contribution in [3.63, 3.8) is 0 Å². The minimum atomic E-state index is -1.08. The monoisotopic (exact) mass is 418 g/mol. The number of carbonyl (C=O) groups excluding carboxylic acids is 1. The smallest absolute Gasteiger partial charge is 0.201 e. The number of Topliss-reactive ketones (excluding diaryl/α,β-unsaturated/α-hetero) is 1. The van der Waals surface area contributed by atoms with E-state index < -0.39 is 17.5 Å². The van der Waals surface area contributed by atoms with E-state index in [-0.39, 0.29) is 41.1 Å². The molecule has 2 atom stereocenters. The fourth-order valence-corrected chi connectivity index (χ4v) is 4.33. The van der Waals surface area contributed by atoms with Crippen molar-refractivity contribution < 1.29 is 22.7 Å². The lowest BCUT2D eigenvalue weighted by Gasteiger charge is -2.28. The first-order valence-corrected chi connectivity index (χ1v) is 10.9. The minimum Gasteiger partial charge on any atom is -0.491 e. The van der Waals surface area contributed by atoms with Crippen molar-refractivity contribution in [1.82, 2.24) is 0 Å². The summed E-state index contributed by atoms with van der Waals surface area (Å²) < 4.78 is 48.6. The Hall–Kier alpha value is -2.30. The highest BCUT2D eigenvalue weighted by Crippen LogP contribution is 2.38. The van der Waals surface area contributed by atoms with E-state index in [0.717, 1.165) is 38.5 Å². The Kier molecular flexibility index (Phi) is 7.57. The van der Waals surface area contributed by atoms with E-state index in [1.54, 1.807) is 19.1 Å². The van der Waals surface area contributed by atoms with E-state index in [9.17, 15) is 18.0 Å². The third-order valence-corrected chi connectivity index (χ3v) is 6.02. The van der Waals surface area contributed by atoms with E-state index in [1.807, 2.05) is 0 Å². The number of halogens is 3. The van der Waals surface area contributed by atoms with Crippen molar-refractivity contribution in [2.45, 2.75) is 64.7 Å². The molecule has 1 unspecified atom stereocenters. The topological polar surface area (TPSA) is 26.3 Å². The van der Waals surface area contributed by atoms with Crippen molar-refractivity contribution in [1.29, 1.82) is 0 Å². The molecular weight excluding hydrogens is 389 g/mol. The van der Waals surface area contributed by atoms with Gasteiger partial charge in [0.15, 0.2) is 11.6 Å². The van der Waals surface area contributed by atoms with Crippen molar-refractivity contribution in [3.05, 3.63) is 53.3 Å². The van der Waals surface area contributed by atoms with Gasteiger partial charge >= 0.3 is 0 Å². The SMILES string of the molecule is CCCCC[C@@H]1CCC(c2ccc(-c3ccc(OCC)c(F)c3F)cc2F)CC1=O. The zero-order chi connectivity index (χ0) is 21.7. The average Bonchev–Trinajstić information content (AvgIpc) is 2.73. The summed E-state index contributed by atoms with van der Waals surface area (Å²) in [4.78, 5) is 12.5.